The molecule has 7 heteroatoms. The van der Waals surface area contributed by atoms with E-state index in [1.54, 1.807) is 20.2 Å². The minimum Gasteiger partial charge on any atom is -0.507 e. The first-order valence-electron chi connectivity index (χ1n) is 5.73. The lowest BCUT2D eigenvalue weighted by Crippen LogP contribution is -2.33. The Morgan fingerprint density at radius 1 is 1.40 bits per heavy atom. The molecule has 3 N–H and O–H groups in total. The van der Waals surface area contributed by atoms with Gasteiger partial charge < -0.3 is 20.5 Å². The molecule has 0 aliphatic rings. The van der Waals surface area contributed by atoms with Crippen LogP contribution in [-0.4, -0.2) is 49.1 Å². The molecule has 0 saturated heterocycles. The monoisotopic (exact) mass is 302 g/mol. The van der Waals surface area contributed by atoms with E-state index >= 15 is 0 Å². The van der Waals surface area contributed by atoms with Gasteiger partial charge in [0.25, 0.3) is 5.91 Å². The maximum absolute atomic E-state index is 11.8. The Hall–Kier alpha value is -1.79. The van der Waals surface area contributed by atoms with E-state index in [-0.39, 0.29) is 36.0 Å². The van der Waals surface area contributed by atoms with Crippen molar-refractivity contribution in [2.45, 2.75) is 12.5 Å². The maximum atomic E-state index is 11.8. The van der Waals surface area contributed by atoms with Crippen LogP contribution in [0.2, 0.25) is 0 Å². The van der Waals surface area contributed by atoms with E-state index in [0.717, 1.165) is 0 Å². The summed E-state index contributed by atoms with van der Waals surface area (Å²) in [6, 6.07) is 3.76. The first-order chi connectivity index (χ1) is 8.86. The van der Waals surface area contributed by atoms with E-state index in [1.807, 2.05) is 0 Å². The van der Waals surface area contributed by atoms with Gasteiger partial charge in [0.2, 0.25) is 0 Å². The van der Waals surface area contributed by atoms with Crippen molar-refractivity contribution in [1.29, 1.82) is 0 Å². The lowest BCUT2D eigenvalue weighted by Gasteiger charge is -2.14. The molecule has 0 aliphatic heterocycles. The van der Waals surface area contributed by atoms with Gasteiger partial charge in [0.15, 0.2) is 0 Å². The third-order valence-corrected chi connectivity index (χ3v) is 2.66. The van der Waals surface area contributed by atoms with Gasteiger partial charge in [0, 0.05) is 14.1 Å². The number of nitrogens with two attached hydrogens (primary N) is 1. The highest BCUT2D eigenvalue weighted by molar-refractivity contribution is 5.96. The van der Waals surface area contributed by atoms with Gasteiger partial charge >= 0.3 is 5.97 Å². The Morgan fingerprint density at radius 2 is 2.00 bits per heavy atom. The molecule has 1 rings (SSSR count). The molecule has 1 amide bonds. The molecule has 0 spiro atoms. The fraction of sp³-hybridized carbons (Fsp3) is 0.385. The van der Waals surface area contributed by atoms with Crippen LogP contribution in [-0.2, 0) is 16.0 Å². The van der Waals surface area contributed by atoms with Crippen molar-refractivity contribution in [3.63, 3.8) is 0 Å². The van der Waals surface area contributed by atoms with Gasteiger partial charge in [-0.1, -0.05) is 6.07 Å². The molecule has 6 nitrogen and oxygen atoms in total. The number of esters is 1. The zero-order chi connectivity index (χ0) is 14.6. The molecule has 0 radical (unpaired) electrons. The van der Waals surface area contributed by atoms with Gasteiger partial charge in [-0.15, -0.1) is 12.4 Å². The number of phenols is 1. The minimum atomic E-state index is -0.795. The number of carbonyl (C=O) groups is 2. The second-order valence-corrected chi connectivity index (χ2v) is 4.38. The van der Waals surface area contributed by atoms with Crippen LogP contribution in [0.5, 0.6) is 5.75 Å². The number of halogens is 1. The molecule has 0 saturated carbocycles. The molecule has 0 aromatic heterocycles. The number of carbonyl (C=O) groups excluding carboxylic acids is 2. The Balaban J connectivity index is 0.00000361. The van der Waals surface area contributed by atoms with E-state index < -0.39 is 12.0 Å². The van der Waals surface area contributed by atoms with Crippen LogP contribution >= 0.6 is 12.4 Å². The number of aromatic hydroxyl groups is 1. The third kappa shape index (κ3) is 4.40. The van der Waals surface area contributed by atoms with Crippen molar-refractivity contribution >= 4 is 24.3 Å². The van der Waals surface area contributed by atoms with E-state index in [1.165, 1.54) is 24.1 Å². The lowest BCUT2D eigenvalue weighted by atomic mass is 10.0. The van der Waals surface area contributed by atoms with Gasteiger partial charge in [-0.2, -0.15) is 0 Å². The Labute approximate surface area is 123 Å². The molecule has 0 bridgehead atoms. The average molecular weight is 303 g/mol. The number of hydrogen-bond donors (Lipinski definition) is 2. The first-order valence-corrected chi connectivity index (χ1v) is 5.73. The number of benzene rings is 1. The Kier molecular flexibility index (Phi) is 7.02. The summed E-state index contributed by atoms with van der Waals surface area (Å²) in [5, 5.41) is 9.67. The minimum absolute atomic E-state index is 0. The van der Waals surface area contributed by atoms with Crippen LogP contribution in [0.1, 0.15) is 15.9 Å². The Morgan fingerprint density at radius 3 is 2.50 bits per heavy atom. The number of nitrogens with zero attached hydrogens (tertiary/aromatic N) is 1. The van der Waals surface area contributed by atoms with Crippen LogP contribution in [0.15, 0.2) is 18.2 Å². The molecule has 1 aromatic carbocycles. The normalized spacial score (nSPS) is 11.2. The standard InChI is InChI=1S/C13H18N2O4.ClH/c1-15(2)12(17)9-6-8(4-5-11(9)16)7-10(14)13(18)19-3;/h4-6,10,16H,7,14H2,1-3H3;1H. The molecule has 0 heterocycles. The van der Waals surface area contributed by atoms with E-state index in [2.05, 4.69) is 4.74 Å². The highest BCUT2D eigenvalue weighted by Crippen LogP contribution is 2.20. The third-order valence-electron chi connectivity index (χ3n) is 2.66. The first kappa shape index (κ1) is 18.2. The number of hydrogen-bond acceptors (Lipinski definition) is 5. The molecule has 20 heavy (non-hydrogen) atoms. The fourth-order valence-electron chi connectivity index (χ4n) is 1.61. The summed E-state index contributed by atoms with van der Waals surface area (Å²) in [5.41, 5.74) is 6.51. The molecule has 0 aliphatic carbocycles. The highest BCUT2D eigenvalue weighted by Gasteiger charge is 2.17. The van der Waals surface area contributed by atoms with E-state index in [0.29, 0.717) is 5.56 Å². The highest BCUT2D eigenvalue weighted by atomic mass is 35.5. The summed E-state index contributed by atoms with van der Waals surface area (Å²) in [5.74, 6) is -0.936. The summed E-state index contributed by atoms with van der Waals surface area (Å²) >= 11 is 0. The molecule has 1 unspecified atom stereocenters. The molecule has 0 fully saturated rings. The van der Waals surface area contributed by atoms with Crippen LogP contribution in [0.25, 0.3) is 0 Å². The summed E-state index contributed by atoms with van der Waals surface area (Å²) in [7, 11) is 4.45. The van der Waals surface area contributed by atoms with Crippen molar-refractivity contribution < 1.29 is 19.4 Å². The van der Waals surface area contributed by atoms with Crippen molar-refractivity contribution in [2.75, 3.05) is 21.2 Å². The molecular weight excluding hydrogens is 284 g/mol. The number of amides is 1. The molecule has 112 valence electrons. The predicted octanol–water partition coefficient (Wildman–Crippen LogP) is 0.559. The summed E-state index contributed by atoms with van der Waals surface area (Å²) < 4.78 is 4.54. The van der Waals surface area contributed by atoms with Crippen molar-refractivity contribution in [2.24, 2.45) is 5.73 Å². The second kappa shape index (κ2) is 7.72. The van der Waals surface area contributed by atoms with Crippen LogP contribution in [0.3, 0.4) is 0 Å². The fourth-order valence-corrected chi connectivity index (χ4v) is 1.61. The summed E-state index contributed by atoms with van der Waals surface area (Å²) in [6.07, 6.45) is 0.237. The van der Waals surface area contributed by atoms with Crippen molar-refractivity contribution in [1.82, 2.24) is 4.90 Å². The van der Waals surface area contributed by atoms with Gasteiger partial charge in [-0.25, -0.2) is 0 Å². The van der Waals surface area contributed by atoms with Crippen molar-refractivity contribution in [3.05, 3.63) is 29.3 Å². The zero-order valence-corrected chi connectivity index (χ0v) is 12.4. The predicted molar refractivity (Wildman–Crippen MR) is 77.1 cm³/mol. The summed E-state index contributed by atoms with van der Waals surface area (Å²) in [4.78, 5) is 24.4. The SMILES string of the molecule is COC(=O)C(N)Cc1ccc(O)c(C(=O)N(C)C)c1.Cl. The van der Waals surface area contributed by atoms with Gasteiger partial charge in [-0.05, 0) is 24.1 Å². The van der Waals surface area contributed by atoms with Gasteiger partial charge in [0.1, 0.15) is 11.8 Å². The zero-order valence-electron chi connectivity index (χ0n) is 11.6. The second-order valence-electron chi connectivity index (χ2n) is 4.38. The topological polar surface area (TPSA) is 92.9 Å². The van der Waals surface area contributed by atoms with Crippen LogP contribution in [0.4, 0.5) is 0 Å². The Bertz CT molecular complexity index is 491. The quantitative estimate of drug-likeness (QED) is 0.793. The molecular formula is C13H19ClN2O4. The maximum Gasteiger partial charge on any atom is 0.322 e. The van der Waals surface area contributed by atoms with Gasteiger partial charge in [0.05, 0.1) is 12.7 Å². The average Bonchev–Trinajstić information content (AvgIpc) is 2.38. The molecule has 1 aromatic rings. The number of ether oxygens (including phenoxy) is 1. The largest absolute Gasteiger partial charge is 0.507 e. The van der Waals surface area contributed by atoms with Crippen LogP contribution < -0.4 is 5.73 Å². The number of rotatable bonds is 4. The number of phenolic OH excluding ortho intramolecular Hbond substituents is 1. The van der Waals surface area contributed by atoms with E-state index in [9.17, 15) is 14.7 Å². The van der Waals surface area contributed by atoms with Crippen molar-refractivity contribution in [3.8, 4) is 5.75 Å². The van der Waals surface area contributed by atoms with E-state index in [4.69, 9.17) is 5.73 Å². The lowest BCUT2D eigenvalue weighted by molar-refractivity contribution is -0.142. The smallest absolute Gasteiger partial charge is 0.322 e. The number of methoxy groups -OCH3 is 1. The molecule has 1 atom stereocenters. The van der Waals surface area contributed by atoms with Gasteiger partial charge in [-0.3, -0.25) is 9.59 Å². The summed E-state index contributed by atoms with van der Waals surface area (Å²) in [6.45, 7) is 0. The van der Waals surface area contributed by atoms with Crippen LogP contribution in [0, 0.1) is 0 Å².